The number of unbranched alkanes of at least 4 members (excludes halogenated alkanes) is 1. The molecular formula is C11H23N3O. The molecular weight excluding hydrogens is 190 g/mol. The molecule has 1 aliphatic heterocycles. The first-order valence-corrected chi connectivity index (χ1v) is 5.83. The summed E-state index contributed by atoms with van der Waals surface area (Å²) in [6.45, 7) is 7.20. The molecule has 0 aromatic rings. The van der Waals surface area contributed by atoms with Gasteiger partial charge in [-0.05, 0) is 13.0 Å². The number of hydrogen-bond donors (Lipinski definition) is 0. The number of urea groups is 1. The standard InChI is InChI=1S/C11H23N3O/c1-4-5-6-13-7-9-14(10-8-13)11(15)12(2)3/h4-10H2,1-3H3. The van der Waals surface area contributed by atoms with Crippen LogP contribution in [0.1, 0.15) is 19.8 Å². The summed E-state index contributed by atoms with van der Waals surface area (Å²) < 4.78 is 0. The van der Waals surface area contributed by atoms with Crippen LogP contribution in [0.5, 0.6) is 0 Å². The second-order valence-corrected chi connectivity index (χ2v) is 4.36. The highest BCUT2D eigenvalue weighted by molar-refractivity contribution is 5.73. The lowest BCUT2D eigenvalue weighted by atomic mass is 10.2. The SMILES string of the molecule is CCCCN1CCN(C(=O)N(C)C)CC1. The van der Waals surface area contributed by atoms with Gasteiger partial charge in [0.1, 0.15) is 0 Å². The van der Waals surface area contributed by atoms with Crippen LogP contribution in [0.3, 0.4) is 0 Å². The highest BCUT2D eigenvalue weighted by Gasteiger charge is 2.21. The van der Waals surface area contributed by atoms with Crippen LogP contribution in [-0.2, 0) is 0 Å². The zero-order valence-electron chi connectivity index (χ0n) is 10.2. The topological polar surface area (TPSA) is 26.8 Å². The van der Waals surface area contributed by atoms with Crippen molar-refractivity contribution in [1.29, 1.82) is 0 Å². The molecule has 1 aliphatic rings. The second kappa shape index (κ2) is 5.95. The predicted octanol–water partition coefficient (Wildman–Crippen LogP) is 1.09. The summed E-state index contributed by atoms with van der Waals surface area (Å²) in [6, 6.07) is 0.144. The largest absolute Gasteiger partial charge is 0.331 e. The fraction of sp³-hybridized carbons (Fsp3) is 0.909. The van der Waals surface area contributed by atoms with Gasteiger partial charge in [0.15, 0.2) is 0 Å². The van der Waals surface area contributed by atoms with E-state index in [9.17, 15) is 4.79 Å². The van der Waals surface area contributed by atoms with Crippen LogP contribution in [0.4, 0.5) is 4.79 Å². The molecule has 1 rings (SSSR count). The molecule has 0 unspecified atom stereocenters. The lowest BCUT2D eigenvalue weighted by Gasteiger charge is -2.35. The molecule has 0 saturated carbocycles. The van der Waals surface area contributed by atoms with E-state index in [2.05, 4.69) is 11.8 Å². The Hall–Kier alpha value is -0.770. The second-order valence-electron chi connectivity index (χ2n) is 4.36. The van der Waals surface area contributed by atoms with Gasteiger partial charge in [0.05, 0.1) is 0 Å². The molecule has 0 bridgehead atoms. The number of rotatable bonds is 3. The maximum absolute atomic E-state index is 11.7. The predicted molar refractivity (Wildman–Crippen MR) is 62.0 cm³/mol. The van der Waals surface area contributed by atoms with Crippen molar-refractivity contribution in [1.82, 2.24) is 14.7 Å². The fourth-order valence-corrected chi connectivity index (χ4v) is 1.83. The maximum atomic E-state index is 11.7. The molecule has 0 aromatic heterocycles. The van der Waals surface area contributed by atoms with Crippen LogP contribution in [0.15, 0.2) is 0 Å². The molecule has 0 aromatic carbocycles. The van der Waals surface area contributed by atoms with E-state index < -0.39 is 0 Å². The zero-order chi connectivity index (χ0) is 11.3. The highest BCUT2D eigenvalue weighted by atomic mass is 16.2. The van der Waals surface area contributed by atoms with Crippen LogP contribution in [0.2, 0.25) is 0 Å². The minimum Gasteiger partial charge on any atom is -0.331 e. The van der Waals surface area contributed by atoms with Gasteiger partial charge in [-0.15, -0.1) is 0 Å². The van der Waals surface area contributed by atoms with Gasteiger partial charge < -0.3 is 9.80 Å². The van der Waals surface area contributed by atoms with Gasteiger partial charge in [-0.25, -0.2) is 4.79 Å². The van der Waals surface area contributed by atoms with Gasteiger partial charge in [-0.1, -0.05) is 13.3 Å². The smallest absolute Gasteiger partial charge is 0.319 e. The molecule has 0 spiro atoms. The Balaban J connectivity index is 2.26. The average Bonchev–Trinajstić information content (AvgIpc) is 2.26. The van der Waals surface area contributed by atoms with Crippen molar-refractivity contribution in [2.24, 2.45) is 0 Å². The van der Waals surface area contributed by atoms with E-state index in [0.29, 0.717) is 0 Å². The Morgan fingerprint density at radius 1 is 1.20 bits per heavy atom. The Morgan fingerprint density at radius 3 is 2.27 bits per heavy atom. The number of carbonyl (C=O) groups excluding carboxylic acids is 1. The third-order valence-electron chi connectivity index (χ3n) is 2.85. The lowest BCUT2D eigenvalue weighted by molar-refractivity contribution is 0.122. The van der Waals surface area contributed by atoms with Crippen molar-refractivity contribution in [2.75, 3.05) is 46.8 Å². The van der Waals surface area contributed by atoms with Gasteiger partial charge in [-0.2, -0.15) is 0 Å². The van der Waals surface area contributed by atoms with Crippen molar-refractivity contribution in [3.05, 3.63) is 0 Å². The van der Waals surface area contributed by atoms with Gasteiger partial charge in [-0.3, -0.25) is 4.90 Å². The molecule has 0 N–H and O–H groups in total. The first kappa shape index (κ1) is 12.3. The highest BCUT2D eigenvalue weighted by Crippen LogP contribution is 2.05. The van der Waals surface area contributed by atoms with Crippen molar-refractivity contribution in [2.45, 2.75) is 19.8 Å². The molecule has 4 nitrogen and oxygen atoms in total. The maximum Gasteiger partial charge on any atom is 0.319 e. The summed E-state index contributed by atoms with van der Waals surface area (Å²) in [4.78, 5) is 17.7. The van der Waals surface area contributed by atoms with Crippen molar-refractivity contribution in [3.63, 3.8) is 0 Å². The molecule has 0 atom stereocenters. The van der Waals surface area contributed by atoms with Crippen LogP contribution in [-0.4, -0.2) is 67.5 Å². The number of carbonyl (C=O) groups is 1. The third-order valence-corrected chi connectivity index (χ3v) is 2.85. The first-order valence-electron chi connectivity index (χ1n) is 5.83. The van der Waals surface area contributed by atoms with E-state index in [1.165, 1.54) is 19.4 Å². The van der Waals surface area contributed by atoms with Gasteiger partial charge >= 0.3 is 6.03 Å². The Morgan fingerprint density at radius 2 is 1.80 bits per heavy atom. The summed E-state index contributed by atoms with van der Waals surface area (Å²) in [5.41, 5.74) is 0. The summed E-state index contributed by atoms with van der Waals surface area (Å²) in [5.74, 6) is 0. The summed E-state index contributed by atoms with van der Waals surface area (Å²) >= 11 is 0. The average molecular weight is 213 g/mol. The van der Waals surface area contributed by atoms with Gasteiger partial charge in [0.25, 0.3) is 0 Å². The zero-order valence-corrected chi connectivity index (χ0v) is 10.2. The Kier molecular flexibility index (Phi) is 4.88. The van der Waals surface area contributed by atoms with Crippen LogP contribution in [0.25, 0.3) is 0 Å². The molecule has 0 radical (unpaired) electrons. The lowest BCUT2D eigenvalue weighted by Crippen LogP contribution is -2.51. The minimum atomic E-state index is 0.144. The molecule has 4 heteroatoms. The molecule has 15 heavy (non-hydrogen) atoms. The molecule has 88 valence electrons. The molecule has 1 heterocycles. The Labute approximate surface area is 92.8 Å². The third kappa shape index (κ3) is 3.70. The van der Waals surface area contributed by atoms with Gasteiger partial charge in [0.2, 0.25) is 0 Å². The fourth-order valence-electron chi connectivity index (χ4n) is 1.83. The summed E-state index contributed by atoms with van der Waals surface area (Å²) in [7, 11) is 3.62. The monoisotopic (exact) mass is 213 g/mol. The molecule has 0 aliphatic carbocycles. The van der Waals surface area contributed by atoms with Crippen LogP contribution < -0.4 is 0 Å². The van der Waals surface area contributed by atoms with E-state index >= 15 is 0 Å². The van der Waals surface area contributed by atoms with Crippen LogP contribution >= 0.6 is 0 Å². The van der Waals surface area contributed by atoms with Crippen LogP contribution in [0, 0.1) is 0 Å². The number of nitrogens with zero attached hydrogens (tertiary/aromatic N) is 3. The van der Waals surface area contributed by atoms with E-state index in [0.717, 1.165) is 26.2 Å². The molecule has 2 amide bonds. The number of amides is 2. The van der Waals surface area contributed by atoms with E-state index in [1.807, 2.05) is 19.0 Å². The normalized spacial score (nSPS) is 17.9. The molecule has 1 fully saturated rings. The summed E-state index contributed by atoms with van der Waals surface area (Å²) in [5, 5.41) is 0. The Bertz CT molecular complexity index is 198. The van der Waals surface area contributed by atoms with Gasteiger partial charge in [0, 0.05) is 40.3 Å². The quantitative estimate of drug-likeness (QED) is 0.701. The minimum absolute atomic E-state index is 0.144. The van der Waals surface area contributed by atoms with Crippen molar-refractivity contribution >= 4 is 6.03 Å². The number of hydrogen-bond acceptors (Lipinski definition) is 2. The van der Waals surface area contributed by atoms with E-state index in [-0.39, 0.29) is 6.03 Å². The molecule has 1 saturated heterocycles. The first-order chi connectivity index (χ1) is 7.15. The van der Waals surface area contributed by atoms with E-state index in [4.69, 9.17) is 0 Å². The van der Waals surface area contributed by atoms with E-state index in [1.54, 1.807) is 4.90 Å². The number of piperazine rings is 1. The van der Waals surface area contributed by atoms with Crippen molar-refractivity contribution in [3.8, 4) is 0 Å². The summed E-state index contributed by atoms with van der Waals surface area (Å²) in [6.07, 6.45) is 2.51. The van der Waals surface area contributed by atoms with Crippen molar-refractivity contribution < 1.29 is 4.79 Å².